The zero-order chi connectivity index (χ0) is 104. The van der Waals surface area contributed by atoms with Crippen molar-refractivity contribution in [2.75, 3.05) is 56.4 Å². The van der Waals surface area contributed by atoms with Crippen LogP contribution in [0.25, 0.3) is 10.9 Å². The van der Waals surface area contributed by atoms with E-state index >= 15 is 0 Å². The zero-order valence-electron chi connectivity index (χ0n) is 82.4. The second-order valence-corrected chi connectivity index (χ2v) is 39.7. The highest BCUT2D eigenvalue weighted by molar-refractivity contribution is 7.98. The number of primary amides is 1. The van der Waals surface area contributed by atoms with E-state index in [1.54, 1.807) is 117 Å². The maximum atomic E-state index is 14.6. The fourth-order valence-electron chi connectivity index (χ4n) is 14.9. The predicted octanol–water partition coefficient (Wildman–Crippen LogP) is -2.91. The Kier molecular flexibility index (Phi) is 53.5. The van der Waals surface area contributed by atoms with E-state index in [9.17, 15) is 111 Å². The van der Waals surface area contributed by atoms with Gasteiger partial charge in [0.25, 0.3) is 0 Å². The van der Waals surface area contributed by atoms with E-state index < -0.39 is 272 Å². The third-order valence-electron chi connectivity index (χ3n) is 22.3. The molecule has 0 unspecified atom stereocenters. The number of rotatable bonds is 62. The summed E-state index contributed by atoms with van der Waals surface area (Å²) in [5.74, 6) is -20.9. The third-order valence-corrected chi connectivity index (χ3v) is 23.6. The molecule has 19 amide bonds. The number of fused-ring (bicyclic) bond motifs is 1. The molecule has 25 N–H and O–H groups in total. The summed E-state index contributed by atoms with van der Waals surface area (Å²) in [7, 11) is 0. The van der Waals surface area contributed by atoms with Crippen molar-refractivity contribution in [1.29, 1.82) is 0 Å². The molecule has 0 radical (unpaired) electrons. The summed E-state index contributed by atoms with van der Waals surface area (Å²) < 4.78 is 0. The van der Waals surface area contributed by atoms with Crippen LogP contribution < -0.4 is 102 Å². The van der Waals surface area contributed by atoms with E-state index in [1.165, 1.54) is 18.7 Å². The number of H-pyrrole nitrogens is 1. The van der Waals surface area contributed by atoms with Gasteiger partial charge in [-0.2, -0.15) is 37.0 Å². The number of aliphatic hydroxyl groups is 2. The van der Waals surface area contributed by atoms with Crippen LogP contribution in [0.5, 0.6) is 0 Å². The summed E-state index contributed by atoms with van der Waals surface area (Å²) in [6, 6.07) is -16.1. The van der Waals surface area contributed by atoms with Crippen molar-refractivity contribution in [1.82, 2.24) is 100 Å². The molecular weight excluding hydrogens is 1850 g/mol. The highest BCUT2D eigenvalue weighted by atomic mass is 32.2. The molecule has 1 saturated heterocycles. The number of likely N-dealkylation sites (tertiary alicyclic amines) is 1. The Hall–Kier alpha value is -10.9. The van der Waals surface area contributed by atoms with Crippen LogP contribution in [-0.4, -0.2) is 302 Å². The van der Waals surface area contributed by atoms with Crippen molar-refractivity contribution in [3.8, 4) is 0 Å². The van der Waals surface area contributed by atoms with Crippen LogP contribution in [0.2, 0.25) is 0 Å². The molecule has 1 aromatic heterocycles. The lowest BCUT2D eigenvalue weighted by Crippen LogP contribution is -2.61. The first-order valence-electron chi connectivity index (χ1n) is 46.8. The predicted molar refractivity (Wildman–Crippen MR) is 523 cm³/mol. The van der Waals surface area contributed by atoms with Crippen molar-refractivity contribution >= 4 is 166 Å². The lowest BCUT2D eigenvalue weighted by molar-refractivity contribution is -0.144. The number of carboxylic acids is 1. The molecule has 0 spiro atoms. The molecule has 17 atom stereocenters. The summed E-state index contributed by atoms with van der Waals surface area (Å²) in [4.78, 5) is 280. The first-order chi connectivity index (χ1) is 64.7. The van der Waals surface area contributed by atoms with Gasteiger partial charge in [-0.1, -0.05) is 129 Å². The molecule has 0 aliphatic carbocycles. The highest BCUT2D eigenvalue weighted by Crippen LogP contribution is 2.23. The number of nitrogens with two attached hydrogens (primary N) is 2. The Balaban J connectivity index is 1.74. The van der Waals surface area contributed by atoms with Crippen molar-refractivity contribution in [3.05, 3.63) is 36.0 Å². The topological polar surface area (TPSA) is 678 Å². The molecular formula is C91H151N21O23S3. The number of thioether (sulfide) groups is 1. The highest BCUT2D eigenvalue weighted by Gasteiger charge is 2.43. The number of carbonyl (C=O) groups excluding carboxylic acids is 19. The van der Waals surface area contributed by atoms with Gasteiger partial charge in [0, 0.05) is 48.0 Å². The van der Waals surface area contributed by atoms with Gasteiger partial charge in [-0.25, -0.2) is 4.79 Å². The standard InChI is InChI=1S/C91H151N21O23S3/c1-44(2)30-58(101-82(125)61(33-47(7)8)102-83(126)62(34-48(9)10)103-84(127)63(35-49(11)12)105-87(130)67(42-136)108-75(118)52(17)97-71(116)38-95-78(121)64(100-76(119)55(92)27-29-138-18)36-53-37-94-56-23-20-19-22-54(53)56)77(120)96-39-72(117)98-59(31-45(3)4)80(123)106-65(40-113)85(128)104-60(32-46(5)6)81(124)99-57(25-26-70(93)115)79(122)110-73(50(13)14)89(132)109-68(43-137)90(133)112-28-21-24-69(112)88(131)107-66(41-114)86(129)111-74(51(15)16)91(134)135/h19-20,22-23,37,44-52,55,57-69,73-74,94,113-114,136-137H,21,24-36,38-43,92H2,1-18H3,(H2,93,115)(H,95,121)(H,96,120)(H,97,116)(H,98,117)(H,99,124)(H,100,119)(H,101,125)(H,102,126)(H,103,127)(H,104,128)(H,105,130)(H,106,123)(H,107,131)(H,108,118)(H,109,132)(H,110,122)(H,111,129)(H,134,135)/t52-,55-,57-,58-,59-,60-,61-,62-,63-,64-,65-,66-,67-,68-,69-,73-,74-/m0/s1. The van der Waals surface area contributed by atoms with Gasteiger partial charge in [0.05, 0.1) is 32.3 Å². The van der Waals surface area contributed by atoms with Crippen molar-refractivity contribution in [2.24, 2.45) is 58.8 Å². The van der Waals surface area contributed by atoms with Gasteiger partial charge in [0.1, 0.15) is 96.7 Å². The molecule has 47 heteroatoms. The van der Waals surface area contributed by atoms with Crippen LogP contribution in [0.3, 0.4) is 0 Å². The maximum absolute atomic E-state index is 14.6. The largest absolute Gasteiger partial charge is 0.480 e. The third kappa shape index (κ3) is 42.0. The molecule has 2 heterocycles. The van der Waals surface area contributed by atoms with E-state index in [1.807, 2.05) is 30.5 Å². The summed E-state index contributed by atoms with van der Waals surface area (Å²) in [6.45, 7) is 25.2. The molecule has 3 rings (SSSR count). The average Bonchev–Trinajstić information content (AvgIpc) is 1.67. The Bertz CT molecular complexity index is 4460. The number of benzene rings is 1. The molecule has 138 heavy (non-hydrogen) atoms. The molecule has 1 aliphatic rings. The number of nitrogens with one attached hydrogen (secondary N) is 18. The molecule has 1 fully saturated rings. The minimum atomic E-state index is -1.80. The fourth-order valence-corrected chi connectivity index (χ4v) is 15.9. The Labute approximate surface area is 821 Å². The molecule has 0 bridgehead atoms. The van der Waals surface area contributed by atoms with E-state index in [-0.39, 0.29) is 105 Å². The summed E-state index contributed by atoms with van der Waals surface area (Å²) in [6.07, 6.45) is 3.32. The number of nitrogens with zero attached hydrogens (tertiary/aromatic N) is 1. The molecule has 1 aliphatic heterocycles. The number of carboxylic acid groups (broad SMARTS) is 1. The lowest BCUT2D eigenvalue weighted by atomic mass is 9.98. The van der Waals surface area contributed by atoms with E-state index in [4.69, 9.17) is 11.5 Å². The van der Waals surface area contributed by atoms with E-state index in [2.05, 4.69) is 121 Å². The molecule has 776 valence electrons. The van der Waals surface area contributed by atoms with Gasteiger partial charge in [-0.15, -0.1) is 0 Å². The first-order valence-corrected chi connectivity index (χ1v) is 49.5. The summed E-state index contributed by atoms with van der Waals surface area (Å²) in [5, 5.41) is 74.4. The minimum absolute atomic E-state index is 0.00616. The van der Waals surface area contributed by atoms with Crippen LogP contribution in [0.4, 0.5) is 0 Å². The number of hydrogen-bond acceptors (Lipinski definition) is 26. The quantitative estimate of drug-likeness (QED) is 0.0295. The van der Waals surface area contributed by atoms with E-state index in [0.29, 0.717) is 24.2 Å². The van der Waals surface area contributed by atoms with Crippen molar-refractivity contribution in [2.45, 2.75) is 297 Å². The monoisotopic (exact) mass is 2000 g/mol. The van der Waals surface area contributed by atoms with Crippen LogP contribution >= 0.6 is 37.0 Å². The molecule has 44 nitrogen and oxygen atoms in total. The van der Waals surface area contributed by atoms with E-state index in [0.717, 1.165) is 15.8 Å². The first kappa shape index (κ1) is 121. The second-order valence-electron chi connectivity index (χ2n) is 38.0. The number of aliphatic carboxylic acids is 1. The smallest absolute Gasteiger partial charge is 0.326 e. The van der Waals surface area contributed by atoms with Crippen LogP contribution in [0.1, 0.15) is 194 Å². The molecule has 2 aromatic rings. The van der Waals surface area contributed by atoms with Gasteiger partial charge >= 0.3 is 5.97 Å². The Morgan fingerprint density at radius 2 is 0.797 bits per heavy atom. The fraction of sp³-hybridized carbons (Fsp3) is 0.692. The number of hydrogen-bond donors (Lipinski definition) is 25. The summed E-state index contributed by atoms with van der Waals surface area (Å²) in [5.41, 5.74) is 13.2. The van der Waals surface area contributed by atoms with Gasteiger partial charge in [-0.3, -0.25) is 91.1 Å². The number of carbonyl (C=O) groups is 20. The number of aromatic amines is 1. The molecule has 0 saturated carbocycles. The maximum Gasteiger partial charge on any atom is 0.326 e. The van der Waals surface area contributed by atoms with Crippen LogP contribution in [0, 0.1) is 47.3 Å². The lowest BCUT2D eigenvalue weighted by Gasteiger charge is -2.31. The number of amides is 19. The van der Waals surface area contributed by atoms with Gasteiger partial charge in [0.15, 0.2) is 0 Å². The second kappa shape index (κ2) is 60.8. The van der Waals surface area contributed by atoms with Crippen molar-refractivity contribution in [3.63, 3.8) is 0 Å². The van der Waals surface area contributed by atoms with Gasteiger partial charge < -0.3 is 127 Å². The number of aliphatic hydroxyl groups excluding tert-OH is 2. The Morgan fingerprint density at radius 3 is 1.23 bits per heavy atom. The van der Waals surface area contributed by atoms with Gasteiger partial charge in [-0.05, 0) is 142 Å². The number of para-hydroxylation sites is 1. The number of thiol groups is 2. The Morgan fingerprint density at radius 1 is 0.428 bits per heavy atom. The summed E-state index contributed by atoms with van der Waals surface area (Å²) >= 11 is 10.1. The van der Waals surface area contributed by atoms with Crippen LogP contribution in [0.15, 0.2) is 30.5 Å². The normalized spacial score (nSPS) is 16.1. The number of aromatic nitrogens is 1. The minimum Gasteiger partial charge on any atom is -0.480 e. The van der Waals surface area contributed by atoms with Gasteiger partial charge in [0.2, 0.25) is 112 Å². The molecule has 1 aromatic carbocycles. The van der Waals surface area contributed by atoms with Crippen LogP contribution in [-0.2, 0) is 102 Å². The SMILES string of the molecule is CSCC[C@H](N)C(=O)N[C@@H](Cc1c[nH]c2ccccc12)C(=O)NCC(=O)N[C@@H](C)C(=O)N[C@@H](CS)C(=O)N[C@@H](CC(C)C)C(=O)N[C@@H](CC(C)C)C(=O)N[C@@H](CC(C)C)C(=O)N[C@@H](CC(C)C)C(=O)NCC(=O)N[C@@H](CC(C)C)C(=O)N[C@@H](CO)C(=O)N[C@@H](CC(C)C)C(=O)N[C@@H](CCC(N)=O)C(=O)N[C@H](C(=O)N[C@@H](CS)C(=O)N1CCC[C@H]1C(=O)N[C@@H](CO)C(=O)N[C@H](C(=O)O)C(C)C)C(C)C. The van der Waals surface area contributed by atoms with Crippen molar-refractivity contribution < 1.29 is 111 Å². The zero-order valence-corrected chi connectivity index (χ0v) is 85.0. The average molecular weight is 2000 g/mol.